The average molecular weight is 267 g/mol. The summed E-state index contributed by atoms with van der Waals surface area (Å²) < 4.78 is 2.77. The van der Waals surface area contributed by atoms with Gasteiger partial charge in [-0.3, -0.25) is 0 Å². The first-order valence-corrected chi connectivity index (χ1v) is 5.37. The molecule has 15 heavy (non-hydrogen) atoms. The fraction of sp³-hybridized carbons (Fsp3) is 0.200. The normalized spacial score (nSPS) is 10.6. The maximum atomic E-state index is 5.60. The van der Waals surface area contributed by atoms with Crippen LogP contribution in [-0.2, 0) is 6.54 Å². The molecule has 0 bridgehead atoms. The number of aryl methyl sites for hydroxylation is 1. The molecule has 0 amide bonds. The predicted molar refractivity (Wildman–Crippen MR) is 61.7 cm³/mol. The van der Waals surface area contributed by atoms with E-state index in [1.807, 2.05) is 25.1 Å². The minimum absolute atomic E-state index is 0.429. The van der Waals surface area contributed by atoms with Crippen LogP contribution in [-0.4, -0.2) is 15.0 Å². The summed E-state index contributed by atoms with van der Waals surface area (Å²) in [6.45, 7) is 2.46. The van der Waals surface area contributed by atoms with Gasteiger partial charge in [0.15, 0.2) is 0 Å². The van der Waals surface area contributed by atoms with Crippen molar-refractivity contribution in [2.75, 3.05) is 0 Å². The van der Waals surface area contributed by atoms with Crippen molar-refractivity contribution in [3.8, 4) is 5.69 Å². The maximum absolute atomic E-state index is 5.60. The number of aromatic nitrogens is 3. The summed E-state index contributed by atoms with van der Waals surface area (Å²) >= 11 is 3.45. The van der Waals surface area contributed by atoms with Crippen LogP contribution in [0.3, 0.4) is 0 Å². The molecule has 1 aromatic heterocycles. The van der Waals surface area contributed by atoms with Gasteiger partial charge < -0.3 is 5.73 Å². The molecule has 1 heterocycles. The lowest BCUT2D eigenvalue weighted by atomic mass is 10.2. The molecule has 0 atom stereocenters. The Hall–Kier alpha value is -1.20. The molecule has 0 saturated carbocycles. The van der Waals surface area contributed by atoms with Gasteiger partial charge in [0.25, 0.3) is 0 Å². The number of halogens is 1. The van der Waals surface area contributed by atoms with Crippen LogP contribution in [0.4, 0.5) is 0 Å². The Morgan fingerprint density at radius 3 is 2.87 bits per heavy atom. The van der Waals surface area contributed by atoms with Crippen molar-refractivity contribution in [1.29, 1.82) is 0 Å². The van der Waals surface area contributed by atoms with Crippen molar-refractivity contribution < 1.29 is 0 Å². The number of nitrogens with zero attached hydrogens (tertiary/aromatic N) is 3. The van der Waals surface area contributed by atoms with Crippen LogP contribution < -0.4 is 5.73 Å². The Kier molecular flexibility index (Phi) is 2.83. The van der Waals surface area contributed by atoms with E-state index in [4.69, 9.17) is 5.73 Å². The van der Waals surface area contributed by atoms with E-state index in [-0.39, 0.29) is 0 Å². The van der Waals surface area contributed by atoms with Gasteiger partial charge in [0.2, 0.25) is 0 Å². The van der Waals surface area contributed by atoms with Crippen LogP contribution in [0.25, 0.3) is 5.69 Å². The molecule has 0 saturated heterocycles. The number of hydrogen-bond acceptors (Lipinski definition) is 3. The molecule has 0 aliphatic rings. The molecular weight excluding hydrogens is 256 g/mol. The second-order valence-electron chi connectivity index (χ2n) is 3.33. The summed E-state index contributed by atoms with van der Waals surface area (Å²) in [4.78, 5) is 0. The van der Waals surface area contributed by atoms with Crippen LogP contribution in [0.2, 0.25) is 0 Å². The molecule has 1 aromatic carbocycles. The third-order valence-corrected chi connectivity index (χ3v) is 2.56. The number of benzene rings is 1. The highest BCUT2D eigenvalue weighted by Gasteiger charge is 2.05. The van der Waals surface area contributed by atoms with Crippen LogP contribution in [0.5, 0.6) is 0 Å². The second kappa shape index (κ2) is 4.12. The van der Waals surface area contributed by atoms with Gasteiger partial charge in [-0.15, -0.1) is 5.10 Å². The zero-order valence-corrected chi connectivity index (χ0v) is 9.90. The summed E-state index contributed by atoms with van der Waals surface area (Å²) in [5.41, 5.74) is 8.63. The van der Waals surface area contributed by atoms with E-state index in [1.165, 1.54) is 0 Å². The first-order valence-electron chi connectivity index (χ1n) is 4.58. The molecule has 78 valence electrons. The maximum Gasteiger partial charge on any atom is 0.0781 e. The molecule has 0 unspecified atom stereocenters. The summed E-state index contributed by atoms with van der Waals surface area (Å²) in [5, 5.41) is 7.85. The van der Waals surface area contributed by atoms with Gasteiger partial charge in [-0.25, -0.2) is 4.68 Å². The molecule has 0 radical (unpaired) electrons. The SMILES string of the molecule is Cc1cc(Br)cc(-n2nncc2CN)c1. The van der Waals surface area contributed by atoms with Gasteiger partial charge in [0, 0.05) is 11.0 Å². The van der Waals surface area contributed by atoms with Crippen LogP contribution in [0, 0.1) is 6.92 Å². The van der Waals surface area contributed by atoms with Crippen molar-refractivity contribution in [1.82, 2.24) is 15.0 Å². The monoisotopic (exact) mass is 266 g/mol. The van der Waals surface area contributed by atoms with E-state index < -0.39 is 0 Å². The summed E-state index contributed by atoms with van der Waals surface area (Å²) in [6.07, 6.45) is 1.68. The lowest BCUT2D eigenvalue weighted by Gasteiger charge is -2.06. The first-order chi connectivity index (χ1) is 7.20. The van der Waals surface area contributed by atoms with Crippen molar-refractivity contribution in [2.24, 2.45) is 5.73 Å². The van der Waals surface area contributed by atoms with Crippen molar-refractivity contribution >= 4 is 15.9 Å². The Morgan fingerprint density at radius 2 is 2.20 bits per heavy atom. The zero-order valence-electron chi connectivity index (χ0n) is 8.31. The van der Waals surface area contributed by atoms with Gasteiger partial charge in [0.05, 0.1) is 17.6 Å². The Bertz CT molecular complexity index is 458. The molecule has 4 nitrogen and oxygen atoms in total. The molecule has 5 heteroatoms. The van der Waals surface area contributed by atoms with Crippen molar-refractivity contribution in [2.45, 2.75) is 13.5 Å². The highest BCUT2D eigenvalue weighted by molar-refractivity contribution is 9.10. The lowest BCUT2D eigenvalue weighted by molar-refractivity contribution is 0.760. The summed E-state index contributed by atoms with van der Waals surface area (Å²) in [6, 6.07) is 6.07. The molecule has 2 aromatic rings. The Balaban J connectivity index is 2.53. The minimum atomic E-state index is 0.429. The highest BCUT2D eigenvalue weighted by atomic mass is 79.9. The topological polar surface area (TPSA) is 56.7 Å². The Morgan fingerprint density at radius 1 is 1.40 bits per heavy atom. The van der Waals surface area contributed by atoms with Gasteiger partial charge >= 0.3 is 0 Å². The molecule has 2 rings (SSSR count). The molecule has 0 aliphatic heterocycles. The van der Waals surface area contributed by atoms with E-state index in [2.05, 4.69) is 26.2 Å². The molecule has 0 aliphatic carbocycles. The molecule has 0 spiro atoms. The van der Waals surface area contributed by atoms with Gasteiger partial charge in [-0.2, -0.15) is 0 Å². The van der Waals surface area contributed by atoms with E-state index >= 15 is 0 Å². The molecular formula is C10H11BrN4. The van der Waals surface area contributed by atoms with Crippen molar-refractivity contribution in [3.05, 3.63) is 40.1 Å². The highest BCUT2D eigenvalue weighted by Crippen LogP contribution is 2.18. The first kappa shape index (κ1) is 10.3. The van der Waals surface area contributed by atoms with E-state index in [0.29, 0.717) is 6.54 Å². The second-order valence-corrected chi connectivity index (χ2v) is 4.24. The van der Waals surface area contributed by atoms with Crippen LogP contribution in [0.1, 0.15) is 11.3 Å². The van der Waals surface area contributed by atoms with Gasteiger partial charge in [-0.05, 0) is 30.7 Å². The summed E-state index contributed by atoms with van der Waals surface area (Å²) in [7, 11) is 0. The number of nitrogens with two attached hydrogens (primary N) is 1. The number of hydrogen-bond donors (Lipinski definition) is 1. The third-order valence-electron chi connectivity index (χ3n) is 2.10. The van der Waals surface area contributed by atoms with Gasteiger partial charge in [-0.1, -0.05) is 21.1 Å². The zero-order chi connectivity index (χ0) is 10.8. The van der Waals surface area contributed by atoms with E-state index in [9.17, 15) is 0 Å². The average Bonchev–Trinajstić information content (AvgIpc) is 2.63. The predicted octanol–water partition coefficient (Wildman–Crippen LogP) is 1.80. The fourth-order valence-electron chi connectivity index (χ4n) is 1.45. The quantitative estimate of drug-likeness (QED) is 0.902. The minimum Gasteiger partial charge on any atom is -0.325 e. The van der Waals surface area contributed by atoms with Gasteiger partial charge in [0.1, 0.15) is 0 Å². The lowest BCUT2D eigenvalue weighted by Crippen LogP contribution is -2.07. The smallest absolute Gasteiger partial charge is 0.0781 e. The van der Waals surface area contributed by atoms with Crippen molar-refractivity contribution in [3.63, 3.8) is 0 Å². The third kappa shape index (κ3) is 2.08. The Labute approximate surface area is 96.2 Å². The largest absolute Gasteiger partial charge is 0.325 e. The van der Waals surface area contributed by atoms with Crippen LogP contribution in [0.15, 0.2) is 28.9 Å². The number of rotatable bonds is 2. The summed E-state index contributed by atoms with van der Waals surface area (Å²) in [5.74, 6) is 0. The fourth-order valence-corrected chi connectivity index (χ4v) is 2.05. The van der Waals surface area contributed by atoms with Crippen LogP contribution >= 0.6 is 15.9 Å². The standard InChI is InChI=1S/C10H11BrN4/c1-7-2-8(11)4-9(3-7)15-10(5-12)6-13-14-15/h2-4,6H,5,12H2,1H3. The molecule has 2 N–H and O–H groups in total. The molecule has 0 fully saturated rings. The van der Waals surface area contributed by atoms with E-state index in [1.54, 1.807) is 10.9 Å². The van der Waals surface area contributed by atoms with E-state index in [0.717, 1.165) is 21.4 Å².